The minimum absolute atomic E-state index is 0.0515. The lowest BCUT2D eigenvalue weighted by atomic mass is 9.95. The first-order valence-electron chi connectivity index (χ1n) is 11.6. The summed E-state index contributed by atoms with van der Waals surface area (Å²) in [6.07, 6.45) is 6.10. The number of hydrogen-bond acceptors (Lipinski definition) is 3. The molecule has 2 aliphatic rings. The van der Waals surface area contributed by atoms with Crippen LogP contribution in [0, 0.1) is 6.92 Å². The van der Waals surface area contributed by atoms with Crippen molar-refractivity contribution in [1.29, 1.82) is 0 Å². The Labute approximate surface area is 184 Å². The Hall–Kier alpha value is -2.70. The fraction of sp³-hybridized carbons (Fsp3) is 0.583. The molecule has 0 unspecified atom stereocenters. The lowest BCUT2D eigenvalue weighted by Crippen LogP contribution is -2.53. The van der Waals surface area contributed by atoms with E-state index in [2.05, 4.69) is 22.9 Å². The summed E-state index contributed by atoms with van der Waals surface area (Å²) >= 11 is 0. The van der Waals surface area contributed by atoms with Gasteiger partial charge in [-0.2, -0.15) is 0 Å². The lowest BCUT2D eigenvalue weighted by molar-refractivity contribution is 0.0666. The first kappa shape index (κ1) is 21.5. The van der Waals surface area contributed by atoms with Crippen molar-refractivity contribution in [2.75, 3.05) is 39.8 Å². The van der Waals surface area contributed by atoms with Crippen LogP contribution in [0.15, 0.2) is 18.2 Å². The van der Waals surface area contributed by atoms with E-state index in [-0.39, 0.29) is 11.9 Å². The van der Waals surface area contributed by atoms with Gasteiger partial charge in [0.25, 0.3) is 5.91 Å². The summed E-state index contributed by atoms with van der Waals surface area (Å²) in [5.41, 5.74) is 2.95. The number of amides is 3. The Kier molecular flexibility index (Phi) is 6.39. The maximum atomic E-state index is 13.7. The second kappa shape index (κ2) is 9.20. The number of benzene rings is 1. The summed E-state index contributed by atoms with van der Waals surface area (Å²) in [6, 6.07) is 6.48. The van der Waals surface area contributed by atoms with Gasteiger partial charge in [-0.15, -0.1) is 0 Å². The Morgan fingerprint density at radius 3 is 2.39 bits per heavy atom. The molecule has 1 saturated carbocycles. The van der Waals surface area contributed by atoms with Crippen LogP contribution in [-0.4, -0.2) is 66.1 Å². The third-order valence-electron chi connectivity index (χ3n) is 6.79. The summed E-state index contributed by atoms with van der Waals surface area (Å²) in [5.74, 6) is 0.823. The maximum Gasteiger partial charge on any atom is 0.317 e. The molecule has 2 aromatic rings. The molecule has 1 aromatic carbocycles. The molecule has 0 radical (unpaired) electrons. The summed E-state index contributed by atoms with van der Waals surface area (Å²) in [5, 5.41) is 3.81. The van der Waals surface area contributed by atoms with E-state index in [1.165, 1.54) is 19.3 Å². The molecule has 1 aromatic heterocycles. The molecule has 0 atom stereocenters. The SMILES string of the molecule is CCNC(=O)N1CCN(C(=O)c2c(C)n(C3CCCCC3)c3ccc(OC)cc23)CC1. The number of ether oxygens (including phenoxy) is 1. The van der Waals surface area contributed by atoms with Gasteiger partial charge in [0.1, 0.15) is 5.75 Å². The second-order valence-corrected chi connectivity index (χ2v) is 8.62. The second-order valence-electron chi connectivity index (χ2n) is 8.62. The van der Waals surface area contributed by atoms with Crippen LogP contribution in [0.2, 0.25) is 0 Å². The van der Waals surface area contributed by atoms with Crippen molar-refractivity contribution < 1.29 is 14.3 Å². The van der Waals surface area contributed by atoms with Crippen LogP contribution in [0.25, 0.3) is 10.9 Å². The van der Waals surface area contributed by atoms with E-state index < -0.39 is 0 Å². The first-order chi connectivity index (χ1) is 15.0. The van der Waals surface area contributed by atoms with Gasteiger partial charge in [0, 0.05) is 55.4 Å². The molecule has 31 heavy (non-hydrogen) atoms. The molecule has 1 aliphatic heterocycles. The largest absolute Gasteiger partial charge is 0.497 e. The highest BCUT2D eigenvalue weighted by Gasteiger charge is 2.30. The zero-order valence-corrected chi connectivity index (χ0v) is 18.9. The molecule has 2 heterocycles. The molecule has 1 N–H and O–H groups in total. The van der Waals surface area contributed by atoms with E-state index in [1.807, 2.05) is 24.0 Å². The Morgan fingerprint density at radius 1 is 1.06 bits per heavy atom. The van der Waals surface area contributed by atoms with Gasteiger partial charge in [-0.25, -0.2) is 4.79 Å². The number of fused-ring (bicyclic) bond motifs is 1. The fourth-order valence-electron chi connectivity index (χ4n) is 5.16. The molecule has 1 aliphatic carbocycles. The number of carbonyl (C=O) groups excluding carboxylic acids is 2. The van der Waals surface area contributed by atoms with Gasteiger partial charge in [-0.3, -0.25) is 4.79 Å². The number of nitrogens with zero attached hydrogens (tertiary/aromatic N) is 3. The molecular weight excluding hydrogens is 392 g/mol. The highest BCUT2D eigenvalue weighted by molar-refractivity contribution is 6.09. The molecule has 0 bridgehead atoms. The summed E-state index contributed by atoms with van der Waals surface area (Å²) in [4.78, 5) is 29.5. The standard InChI is InChI=1S/C24H34N4O3/c1-4-25-24(30)27-14-12-26(13-15-27)23(29)22-17(2)28(18-8-6-5-7-9-18)21-11-10-19(31-3)16-20(21)22/h10-11,16,18H,4-9,12-15H2,1-3H3,(H,25,30). The molecule has 7 heteroatoms. The third-order valence-corrected chi connectivity index (χ3v) is 6.79. The van der Waals surface area contributed by atoms with E-state index in [0.29, 0.717) is 38.8 Å². The van der Waals surface area contributed by atoms with E-state index in [4.69, 9.17) is 4.74 Å². The predicted octanol–water partition coefficient (Wildman–Crippen LogP) is 3.95. The van der Waals surface area contributed by atoms with Crippen LogP contribution in [0.3, 0.4) is 0 Å². The molecule has 2 fully saturated rings. The third kappa shape index (κ3) is 4.10. The lowest BCUT2D eigenvalue weighted by Gasteiger charge is -2.34. The quantitative estimate of drug-likeness (QED) is 0.805. The minimum atomic E-state index is -0.0515. The molecule has 3 amide bonds. The summed E-state index contributed by atoms with van der Waals surface area (Å²) in [7, 11) is 1.66. The van der Waals surface area contributed by atoms with Crippen molar-refractivity contribution in [3.05, 3.63) is 29.5 Å². The van der Waals surface area contributed by atoms with Crippen LogP contribution in [0.5, 0.6) is 5.75 Å². The van der Waals surface area contributed by atoms with Crippen molar-refractivity contribution in [2.24, 2.45) is 0 Å². The van der Waals surface area contributed by atoms with Crippen molar-refractivity contribution in [1.82, 2.24) is 19.7 Å². The molecule has 0 spiro atoms. The van der Waals surface area contributed by atoms with E-state index in [0.717, 1.165) is 40.8 Å². The first-order valence-corrected chi connectivity index (χ1v) is 11.6. The highest BCUT2D eigenvalue weighted by Crippen LogP contribution is 2.37. The summed E-state index contributed by atoms with van der Waals surface area (Å²) in [6.45, 7) is 6.82. The number of nitrogens with one attached hydrogen (secondary N) is 1. The smallest absolute Gasteiger partial charge is 0.317 e. The Balaban J connectivity index is 1.65. The highest BCUT2D eigenvalue weighted by atomic mass is 16.5. The number of aromatic nitrogens is 1. The fourth-order valence-corrected chi connectivity index (χ4v) is 5.16. The van der Waals surface area contributed by atoms with E-state index in [1.54, 1.807) is 12.0 Å². The molecule has 7 nitrogen and oxygen atoms in total. The van der Waals surface area contributed by atoms with Crippen molar-refractivity contribution in [2.45, 2.75) is 52.0 Å². The average molecular weight is 427 g/mol. The van der Waals surface area contributed by atoms with Crippen LogP contribution in [0.1, 0.15) is 61.1 Å². The van der Waals surface area contributed by atoms with Crippen molar-refractivity contribution >= 4 is 22.8 Å². The molecule has 168 valence electrons. The Bertz CT molecular complexity index is 953. The number of rotatable bonds is 4. The van der Waals surface area contributed by atoms with Crippen LogP contribution < -0.4 is 10.1 Å². The van der Waals surface area contributed by atoms with E-state index in [9.17, 15) is 9.59 Å². The monoisotopic (exact) mass is 426 g/mol. The summed E-state index contributed by atoms with van der Waals surface area (Å²) < 4.78 is 7.87. The average Bonchev–Trinajstić information content (AvgIpc) is 3.10. The van der Waals surface area contributed by atoms with Gasteiger partial charge in [0.2, 0.25) is 0 Å². The number of methoxy groups -OCH3 is 1. The van der Waals surface area contributed by atoms with Crippen LogP contribution in [0.4, 0.5) is 4.79 Å². The molecular formula is C24H34N4O3. The maximum absolute atomic E-state index is 13.7. The molecule has 1 saturated heterocycles. The van der Waals surface area contributed by atoms with Gasteiger partial charge < -0.3 is 24.4 Å². The topological polar surface area (TPSA) is 66.8 Å². The van der Waals surface area contributed by atoms with Gasteiger partial charge >= 0.3 is 6.03 Å². The van der Waals surface area contributed by atoms with Gasteiger partial charge in [0.15, 0.2) is 0 Å². The van der Waals surface area contributed by atoms with Crippen LogP contribution >= 0.6 is 0 Å². The van der Waals surface area contributed by atoms with Crippen molar-refractivity contribution in [3.63, 3.8) is 0 Å². The normalized spacial score (nSPS) is 17.8. The Morgan fingerprint density at radius 2 is 1.74 bits per heavy atom. The van der Waals surface area contributed by atoms with Gasteiger partial charge in [-0.1, -0.05) is 19.3 Å². The zero-order chi connectivity index (χ0) is 22.0. The zero-order valence-electron chi connectivity index (χ0n) is 18.9. The number of urea groups is 1. The van der Waals surface area contributed by atoms with Gasteiger partial charge in [-0.05, 0) is 44.9 Å². The molecule has 4 rings (SSSR count). The number of carbonyl (C=O) groups is 2. The number of hydrogen-bond donors (Lipinski definition) is 1. The predicted molar refractivity (Wildman–Crippen MR) is 122 cm³/mol. The van der Waals surface area contributed by atoms with Gasteiger partial charge in [0.05, 0.1) is 12.7 Å². The van der Waals surface area contributed by atoms with Crippen LogP contribution in [-0.2, 0) is 0 Å². The number of piperazine rings is 1. The van der Waals surface area contributed by atoms with E-state index >= 15 is 0 Å². The minimum Gasteiger partial charge on any atom is -0.497 e. The van der Waals surface area contributed by atoms with Crippen molar-refractivity contribution in [3.8, 4) is 5.75 Å².